The maximum absolute atomic E-state index is 8.59. The summed E-state index contributed by atoms with van der Waals surface area (Å²) in [5.74, 6) is 0. The Morgan fingerprint density at radius 2 is 2.50 bits per heavy atom. The Hall–Kier alpha value is -0.120. The summed E-state index contributed by atoms with van der Waals surface area (Å²) in [6, 6.07) is 0.315. The number of aliphatic hydroxyl groups excluding tert-OH is 1. The number of aliphatic hydroxyl groups is 1. The lowest BCUT2D eigenvalue weighted by molar-refractivity contribution is 0.246. The third kappa shape index (κ3) is 0.992. The molecule has 0 radical (unpaired) electrons. The molecule has 0 aromatic carbocycles. The van der Waals surface area contributed by atoms with Gasteiger partial charge in [0, 0.05) is 12.1 Å². The van der Waals surface area contributed by atoms with Gasteiger partial charge in [-0.25, -0.2) is 0 Å². The van der Waals surface area contributed by atoms with E-state index in [9.17, 15) is 0 Å². The van der Waals surface area contributed by atoms with E-state index in [0.29, 0.717) is 0 Å². The number of hydrogen-bond acceptors (Lipinski definition) is 3. The Balaban J connectivity index is 2.30. The fourth-order valence-electron chi connectivity index (χ4n) is 0.988. The van der Waals surface area contributed by atoms with Crippen molar-refractivity contribution in [2.75, 3.05) is 13.2 Å². The monoisotopic (exact) mass is 116 g/mol. The lowest BCUT2D eigenvalue weighted by Gasteiger charge is -2.10. The predicted molar refractivity (Wildman–Crippen MR) is 31.5 cm³/mol. The van der Waals surface area contributed by atoms with Gasteiger partial charge in [-0.15, -0.1) is 0 Å². The molecule has 2 unspecified atom stereocenters. The van der Waals surface area contributed by atoms with Gasteiger partial charge in [-0.1, -0.05) is 0 Å². The Labute approximate surface area is 48.9 Å². The van der Waals surface area contributed by atoms with E-state index in [2.05, 4.69) is 5.32 Å². The molecule has 1 fully saturated rings. The molecule has 3 nitrogen and oxygen atoms in total. The molecule has 0 amide bonds. The van der Waals surface area contributed by atoms with Gasteiger partial charge in [-0.05, 0) is 13.0 Å². The number of hydrogen-bond donors (Lipinski definition) is 3. The van der Waals surface area contributed by atoms with E-state index < -0.39 is 0 Å². The predicted octanol–water partition coefficient (Wildman–Crippen LogP) is -1.33. The first-order valence-electron chi connectivity index (χ1n) is 2.94. The van der Waals surface area contributed by atoms with E-state index in [-0.39, 0.29) is 18.7 Å². The number of nitrogens with two attached hydrogens (primary N) is 1. The SMILES string of the molecule is NC1CCNC1CO. The van der Waals surface area contributed by atoms with Crippen LogP contribution in [0, 0.1) is 0 Å². The highest BCUT2D eigenvalue weighted by molar-refractivity contribution is 4.85. The van der Waals surface area contributed by atoms with Crippen LogP contribution in [0.25, 0.3) is 0 Å². The standard InChI is InChI=1S/C5H12N2O/c6-4-1-2-7-5(4)3-8/h4-5,7-8H,1-3,6H2. The highest BCUT2D eigenvalue weighted by Gasteiger charge is 2.21. The molecular weight excluding hydrogens is 104 g/mol. The second kappa shape index (κ2) is 2.44. The van der Waals surface area contributed by atoms with Crippen LogP contribution < -0.4 is 11.1 Å². The first-order chi connectivity index (χ1) is 3.84. The smallest absolute Gasteiger partial charge is 0.0599 e. The van der Waals surface area contributed by atoms with Crippen molar-refractivity contribution < 1.29 is 5.11 Å². The van der Waals surface area contributed by atoms with Crippen molar-refractivity contribution in [2.45, 2.75) is 18.5 Å². The summed E-state index contributed by atoms with van der Waals surface area (Å²) in [6.07, 6.45) is 0.991. The normalized spacial score (nSPS) is 38.2. The van der Waals surface area contributed by atoms with Gasteiger partial charge in [0.05, 0.1) is 6.61 Å². The van der Waals surface area contributed by atoms with Crippen LogP contribution in [0.3, 0.4) is 0 Å². The Kier molecular flexibility index (Phi) is 1.83. The van der Waals surface area contributed by atoms with Crippen LogP contribution in [0.1, 0.15) is 6.42 Å². The van der Waals surface area contributed by atoms with Crippen molar-refractivity contribution in [3.63, 3.8) is 0 Å². The van der Waals surface area contributed by atoms with Crippen LogP contribution in [-0.4, -0.2) is 30.3 Å². The first kappa shape index (κ1) is 6.01. The zero-order valence-electron chi connectivity index (χ0n) is 4.80. The summed E-state index contributed by atoms with van der Waals surface area (Å²) >= 11 is 0. The van der Waals surface area contributed by atoms with Crippen LogP contribution in [0.4, 0.5) is 0 Å². The summed E-state index contributed by atoms with van der Waals surface area (Å²) in [4.78, 5) is 0. The van der Waals surface area contributed by atoms with E-state index in [4.69, 9.17) is 10.8 Å². The molecule has 4 N–H and O–H groups in total. The lowest BCUT2D eigenvalue weighted by Crippen LogP contribution is -2.38. The zero-order chi connectivity index (χ0) is 5.98. The molecule has 1 heterocycles. The summed E-state index contributed by atoms with van der Waals surface area (Å²) < 4.78 is 0. The molecule has 1 aliphatic heterocycles. The average molecular weight is 116 g/mol. The Morgan fingerprint density at radius 3 is 2.75 bits per heavy atom. The van der Waals surface area contributed by atoms with Crippen LogP contribution in [0.5, 0.6) is 0 Å². The van der Waals surface area contributed by atoms with E-state index in [0.717, 1.165) is 13.0 Å². The molecule has 3 heteroatoms. The molecule has 0 aliphatic carbocycles. The molecular formula is C5H12N2O. The zero-order valence-corrected chi connectivity index (χ0v) is 4.80. The second-order valence-electron chi connectivity index (χ2n) is 2.20. The molecule has 48 valence electrons. The topological polar surface area (TPSA) is 58.3 Å². The summed E-state index contributed by atoms with van der Waals surface area (Å²) in [6.45, 7) is 1.12. The molecule has 1 rings (SSSR count). The van der Waals surface area contributed by atoms with E-state index >= 15 is 0 Å². The fraction of sp³-hybridized carbons (Fsp3) is 1.00. The van der Waals surface area contributed by atoms with Gasteiger partial charge in [0.25, 0.3) is 0 Å². The van der Waals surface area contributed by atoms with E-state index in [1.54, 1.807) is 0 Å². The average Bonchev–Trinajstić information content (AvgIpc) is 2.14. The van der Waals surface area contributed by atoms with E-state index in [1.807, 2.05) is 0 Å². The highest BCUT2D eigenvalue weighted by atomic mass is 16.3. The van der Waals surface area contributed by atoms with Crippen molar-refractivity contribution in [3.05, 3.63) is 0 Å². The quantitative estimate of drug-likeness (QED) is 0.398. The minimum atomic E-state index is 0.148. The van der Waals surface area contributed by atoms with Crippen molar-refractivity contribution in [3.8, 4) is 0 Å². The maximum Gasteiger partial charge on any atom is 0.0599 e. The molecule has 0 spiro atoms. The molecule has 0 aromatic rings. The third-order valence-electron chi connectivity index (χ3n) is 1.60. The highest BCUT2D eigenvalue weighted by Crippen LogP contribution is 2.01. The van der Waals surface area contributed by atoms with Gasteiger partial charge in [0.1, 0.15) is 0 Å². The Bertz CT molecular complexity index is 76.8. The largest absolute Gasteiger partial charge is 0.395 e. The van der Waals surface area contributed by atoms with Crippen LogP contribution in [-0.2, 0) is 0 Å². The molecule has 0 saturated carbocycles. The number of nitrogens with one attached hydrogen (secondary N) is 1. The molecule has 8 heavy (non-hydrogen) atoms. The molecule has 0 bridgehead atoms. The van der Waals surface area contributed by atoms with Crippen LogP contribution >= 0.6 is 0 Å². The van der Waals surface area contributed by atoms with Crippen molar-refractivity contribution >= 4 is 0 Å². The minimum absolute atomic E-state index is 0.148. The minimum Gasteiger partial charge on any atom is -0.395 e. The van der Waals surface area contributed by atoms with Crippen molar-refractivity contribution in [1.82, 2.24) is 5.32 Å². The van der Waals surface area contributed by atoms with E-state index in [1.165, 1.54) is 0 Å². The van der Waals surface area contributed by atoms with Gasteiger partial charge in [-0.2, -0.15) is 0 Å². The second-order valence-corrected chi connectivity index (χ2v) is 2.20. The van der Waals surface area contributed by atoms with Gasteiger partial charge in [0.15, 0.2) is 0 Å². The lowest BCUT2D eigenvalue weighted by atomic mass is 10.1. The van der Waals surface area contributed by atoms with Crippen molar-refractivity contribution in [1.29, 1.82) is 0 Å². The van der Waals surface area contributed by atoms with Crippen molar-refractivity contribution in [2.24, 2.45) is 5.73 Å². The van der Waals surface area contributed by atoms with Crippen LogP contribution in [0.15, 0.2) is 0 Å². The molecule has 2 atom stereocenters. The van der Waals surface area contributed by atoms with Gasteiger partial charge in [0.2, 0.25) is 0 Å². The first-order valence-corrected chi connectivity index (χ1v) is 2.94. The molecule has 1 saturated heterocycles. The summed E-state index contributed by atoms with van der Waals surface area (Å²) in [7, 11) is 0. The van der Waals surface area contributed by atoms with Gasteiger partial charge < -0.3 is 16.2 Å². The fourth-order valence-corrected chi connectivity index (χ4v) is 0.988. The Morgan fingerprint density at radius 1 is 1.75 bits per heavy atom. The van der Waals surface area contributed by atoms with Crippen LogP contribution in [0.2, 0.25) is 0 Å². The van der Waals surface area contributed by atoms with Gasteiger partial charge >= 0.3 is 0 Å². The number of rotatable bonds is 1. The third-order valence-corrected chi connectivity index (χ3v) is 1.60. The molecule has 1 aliphatic rings. The molecule has 0 aromatic heterocycles. The maximum atomic E-state index is 8.59. The summed E-state index contributed by atoms with van der Waals surface area (Å²) in [5, 5.41) is 11.7. The summed E-state index contributed by atoms with van der Waals surface area (Å²) in [5.41, 5.74) is 5.57. The van der Waals surface area contributed by atoms with Gasteiger partial charge in [-0.3, -0.25) is 0 Å².